The van der Waals surface area contributed by atoms with E-state index in [2.05, 4.69) is 10.3 Å². The van der Waals surface area contributed by atoms with Gasteiger partial charge in [-0.05, 0) is 42.7 Å². The van der Waals surface area contributed by atoms with Gasteiger partial charge < -0.3 is 15.0 Å². The Morgan fingerprint density at radius 3 is 2.63 bits per heavy atom. The van der Waals surface area contributed by atoms with Crippen LogP contribution in [-0.4, -0.2) is 28.5 Å². The Balaban J connectivity index is 1.44. The van der Waals surface area contributed by atoms with Crippen molar-refractivity contribution in [3.63, 3.8) is 0 Å². The maximum atomic E-state index is 15.1. The van der Waals surface area contributed by atoms with Gasteiger partial charge in [0.1, 0.15) is 12.4 Å². The van der Waals surface area contributed by atoms with Crippen LogP contribution < -0.4 is 5.32 Å². The van der Waals surface area contributed by atoms with Gasteiger partial charge in [-0.25, -0.2) is 14.2 Å². The number of fused-ring (bicyclic) bond motifs is 1. The summed E-state index contributed by atoms with van der Waals surface area (Å²) in [5.74, 6) is -0.524. The molecule has 1 aliphatic carbocycles. The van der Waals surface area contributed by atoms with Crippen molar-refractivity contribution in [3.8, 4) is 0 Å². The number of hydrogen-bond acceptors (Lipinski definition) is 6. The van der Waals surface area contributed by atoms with Gasteiger partial charge in [-0.3, -0.25) is 4.79 Å². The first-order chi connectivity index (χ1) is 17.0. The molecule has 1 N–H and O–H groups in total. The second kappa shape index (κ2) is 10.1. The molecule has 1 fully saturated rings. The first-order valence-corrected chi connectivity index (χ1v) is 12.6. The molecule has 2 heterocycles. The highest BCUT2D eigenvalue weighted by Gasteiger charge is 2.42. The predicted octanol–water partition coefficient (Wildman–Crippen LogP) is 5.06. The number of allylic oxidation sites excluding steroid dienone is 1. The molecule has 3 aliphatic rings. The zero-order valence-corrected chi connectivity index (χ0v) is 20.2. The number of carbonyl (C=O) groups is 2. The number of carbonyl (C=O) groups excluding carboxylic acids is 2. The van der Waals surface area contributed by atoms with Gasteiger partial charge in [-0.2, -0.15) is 0 Å². The molecule has 0 spiro atoms. The highest BCUT2D eigenvalue weighted by Crippen LogP contribution is 2.45. The van der Waals surface area contributed by atoms with Crippen LogP contribution in [0.5, 0.6) is 0 Å². The third-order valence-corrected chi connectivity index (χ3v) is 7.15. The fourth-order valence-electron chi connectivity index (χ4n) is 4.23. The van der Waals surface area contributed by atoms with Gasteiger partial charge in [0.15, 0.2) is 5.17 Å². The molecule has 1 atom stereocenters. The summed E-state index contributed by atoms with van der Waals surface area (Å²) < 4.78 is 20.8. The van der Waals surface area contributed by atoms with Crippen LogP contribution >= 0.6 is 11.8 Å². The minimum Gasteiger partial charge on any atom is -0.457 e. The fraction of sp³-hybridized carbons (Fsp3) is 0.296. The lowest BCUT2D eigenvalue weighted by Gasteiger charge is -2.36. The molecule has 180 valence electrons. The van der Waals surface area contributed by atoms with Crippen molar-refractivity contribution in [3.05, 3.63) is 93.9 Å². The molecule has 2 aliphatic heterocycles. The van der Waals surface area contributed by atoms with E-state index in [0.717, 1.165) is 18.4 Å². The van der Waals surface area contributed by atoms with E-state index in [4.69, 9.17) is 4.74 Å². The van der Waals surface area contributed by atoms with Crippen molar-refractivity contribution in [2.45, 2.75) is 38.8 Å². The Kier molecular flexibility index (Phi) is 6.72. The summed E-state index contributed by atoms with van der Waals surface area (Å²) in [6.07, 6.45) is 2.42. The van der Waals surface area contributed by atoms with Gasteiger partial charge in [0.05, 0.1) is 23.7 Å². The van der Waals surface area contributed by atoms with Gasteiger partial charge in [0.25, 0.3) is 0 Å². The number of hydrogen-bond donors (Lipinski definition) is 1. The van der Waals surface area contributed by atoms with Crippen LogP contribution in [0.15, 0.2) is 82.0 Å². The zero-order valence-electron chi connectivity index (χ0n) is 19.4. The third kappa shape index (κ3) is 5.17. The quantitative estimate of drug-likeness (QED) is 0.523. The van der Waals surface area contributed by atoms with Crippen LogP contribution in [-0.2, 0) is 20.9 Å². The highest BCUT2D eigenvalue weighted by atomic mass is 32.2. The molecule has 2 aromatic carbocycles. The SMILES string of the molecule is CC1=C(C(=O)OCc2ccccc2)C(c2ccccc2F)N2C(CC(=O)NCC3CC3)=CSC2=N1. The molecular formula is C27H26FN3O3S. The lowest BCUT2D eigenvalue weighted by atomic mass is 9.93. The molecule has 6 nitrogen and oxygen atoms in total. The molecule has 8 heteroatoms. The number of rotatable bonds is 8. The largest absolute Gasteiger partial charge is 0.457 e. The molecule has 5 rings (SSSR count). The third-order valence-electron chi connectivity index (χ3n) is 6.26. The number of amides is 1. The monoisotopic (exact) mass is 491 g/mol. The number of nitrogens with zero attached hydrogens (tertiary/aromatic N) is 2. The molecule has 35 heavy (non-hydrogen) atoms. The summed E-state index contributed by atoms with van der Waals surface area (Å²) in [6.45, 7) is 2.50. The lowest BCUT2D eigenvalue weighted by molar-refractivity contribution is -0.141. The summed E-state index contributed by atoms with van der Waals surface area (Å²) >= 11 is 1.37. The zero-order chi connectivity index (χ0) is 24.4. The van der Waals surface area contributed by atoms with Gasteiger partial charge >= 0.3 is 5.97 Å². The van der Waals surface area contributed by atoms with Gasteiger partial charge in [0.2, 0.25) is 5.91 Å². The van der Waals surface area contributed by atoms with Gasteiger partial charge in [-0.1, -0.05) is 60.3 Å². The topological polar surface area (TPSA) is 71.0 Å². The lowest BCUT2D eigenvalue weighted by Crippen LogP contribution is -2.38. The minimum absolute atomic E-state index is 0.0953. The number of esters is 1. The predicted molar refractivity (Wildman–Crippen MR) is 133 cm³/mol. The maximum absolute atomic E-state index is 15.1. The average molecular weight is 492 g/mol. The Morgan fingerprint density at radius 1 is 1.14 bits per heavy atom. The van der Waals surface area contributed by atoms with E-state index in [1.54, 1.807) is 30.0 Å². The molecule has 1 saturated carbocycles. The van der Waals surface area contributed by atoms with E-state index in [1.165, 1.54) is 17.8 Å². The van der Waals surface area contributed by atoms with Crippen molar-refractivity contribution in [2.24, 2.45) is 10.9 Å². The summed E-state index contributed by atoms with van der Waals surface area (Å²) in [7, 11) is 0. The molecule has 1 unspecified atom stereocenters. The van der Waals surface area contributed by atoms with Crippen molar-refractivity contribution < 1.29 is 18.7 Å². The normalized spacial score (nSPS) is 19.1. The number of amidine groups is 1. The Bertz CT molecular complexity index is 1240. The number of nitrogens with one attached hydrogen (secondary N) is 1. The molecule has 0 saturated heterocycles. The number of ether oxygens (including phenoxy) is 1. The number of halogens is 1. The number of benzene rings is 2. The van der Waals surface area contributed by atoms with E-state index in [0.29, 0.717) is 34.6 Å². The first-order valence-electron chi connectivity index (χ1n) is 11.7. The summed E-state index contributed by atoms with van der Waals surface area (Å²) in [5.41, 5.74) is 2.60. The van der Waals surface area contributed by atoms with Gasteiger partial charge in [0, 0.05) is 17.8 Å². The van der Waals surface area contributed by atoms with Gasteiger partial charge in [-0.15, -0.1) is 0 Å². The van der Waals surface area contributed by atoms with E-state index in [9.17, 15) is 9.59 Å². The number of aliphatic imine (C=N–C) groups is 1. The van der Waals surface area contributed by atoms with Crippen molar-refractivity contribution >= 4 is 28.8 Å². The van der Waals surface area contributed by atoms with Crippen molar-refractivity contribution in [1.82, 2.24) is 10.2 Å². The van der Waals surface area contributed by atoms with Crippen molar-refractivity contribution in [2.75, 3.05) is 6.54 Å². The minimum atomic E-state index is -0.788. The maximum Gasteiger partial charge on any atom is 0.338 e. The molecule has 1 amide bonds. The van der Waals surface area contributed by atoms with Crippen LogP contribution in [0.25, 0.3) is 0 Å². The second-order valence-corrected chi connectivity index (χ2v) is 9.74. The molecule has 2 aromatic rings. The van der Waals surface area contributed by atoms with E-state index in [-0.39, 0.29) is 24.5 Å². The molecule has 0 radical (unpaired) electrons. The number of thioether (sulfide) groups is 1. The molecule has 0 aromatic heterocycles. The summed E-state index contributed by atoms with van der Waals surface area (Å²) in [4.78, 5) is 32.4. The van der Waals surface area contributed by atoms with E-state index < -0.39 is 17.8 Å². The standard InChI is InChI=1S/C27H26FN3O3S/c1-17-24(26(33)34-15-19-7-3-2-4-8-19)25(21-9-5-6-10-22(21)28)31-20(16-35-27(31)30-17)13-23(32)29-14-18-11-12-18/h2-10,16,18,25H,11-15H2,1H3,(H,29,32). The summed E-state index contributed by atoms with van der Waals surface area (Å²) in [5, 5.41) is 5.45. The second-order valence-electron chi connectivity index (χ2n) is 8.90. The average Bonchev–Trinajstić information content (AvgIpc) is 3.62. The van der Waals surface area contributed by atoms with Crippen LogP contribution in [0, 0.1) is 11.7 Å². The molecule has 0 bridgehead atoms. The summed E-state index contributed by atoms with van der Waals surface area (Å²) in [6, 6.07) is 15.0. The Labute approximate surface area is 207 Å². The Hall–Kier alpha value is -3.39. The molecular weight excluding hydrogens is 465 g/mol. The first kappa shape index (κ1) is 23.4. The van der Waals surface area contributed by atoms with Crippen LogP contribution in [0.3, 0.4) is 0 Å². The fourth-order valence-corrected chi connectivity index (χ4v) is 5.19. The van der Waals surface area contributed by atoms with E-state index in [1.807, 2.05) is 35.7 Å². The van der Waals surface area contributed by atoms with Crippen LogP contribution in [0.1, 0.15) is 43.4 Å². The van der Waals surface area contributed by atoms with Crippen LogP contribution in [0.2, 0.25) is 0 Å². The highest BCUT2D eigenvalue weighted by molar-refractivity contribution is 8.16. The smallest absolute Gasteiger partial charge is 0.338 e. The van der Waals surface area contributed by atoms with E-state index >= 15 is 4.39 Å². The Morgan fingerprint density at radius 2 is 1.89 bits per heavy atom. The van der Waals surface area contributed by atoms with Crippen molar-refractivity contribution in [1.29, 1.82) is 0 Å². The van der Waals surface area contributed by atoms with Crippen LogP contribution in [0.4, 0.5) is 4.39 Å².